The van der Waals surface area contributed by atoms with E-state index in [1.165, 1.54) is 24.3 Å². The summed E-state index contributed by atoms with van der Waals surface area (Å²) in [6.07, 6.45) is -0.0563. The minimum atomic E-state index is -0.749. The van der Waals surface area contributed by atoms with Gasteiger partial charge in [-0.1, -0.05) is 24.3 Å². The van der Waals surface area contributed by atoms with E-state index in [1.54, 1.807) is 31.4 Å². The summed E-state index contributed by atoms with van der Waals surface area (Å²) in [4.78, 5) is 0. The van der Waals surface area contributed by atoms with Gasteiger partial charge in [-0.25, -0.2) is 8.78 Å². The van der Waals surface area contributed by atoms with Gasteiger partial charge in [0.15, 0.2) is 0 Å². The zero-order chi connectivity index (χ0) is 16.7. The number of nitrogens with one attached hydrogen (secondary N) is 1. The molecule has 23 heavy (non-hydrogen) atoms. The first-order valence-electron chi connectivity index (χ1n) is 7.51. The lowest BCUT2D eigenvalue weighted by atomic mass is 10.0. The summed E-state index contributed by atoms with van der Waals surface area (Å²) in [5.41, 5.74) is 1.57. The molecule has 0 spiro atoms. The van der Waals surface area contributed by atoms with Gasteiger partial charge in [0.25, 0.3) is 0 Å². The van der Waals surface area contributed by atoms with Crippen LogP contribution in [-0.2, 0) is 4.74 Å². The maximum absolute atomic E-state index is 13.1. The van der Waals surface area contributed by atoms with E-state index in [9.17, 15) is 13.9 Å². The predicted molar refractivity (Wildman–Crippen MR) is 85.0 cm³/mol. The fraction of sp³-hybridized carbons (Fsp3) is 0.333. The maximum Gasteiger partial charge on any atom is 0.123 e. The molecule has 2 aromatic rings. The number of ether oxygens (including phenoxy) is 1. The molecule has 2 rings (SSSR count). The second kappa shape index (κ2) is 8.72. The van der Waals surface area contributed by atoms with Gasteiger partial charge in [0.1, 0.15) is 11.6 Å². The predicted octanol–water partition coefficient (Wildman–Crippen LogP) is 3.37. The molecule has 2 unspecified atom stereocenters. The fourth-order valence-electron chi connectivity index (χ4n) is 2.37. The Morgan fingerprint density at radius 2 is 1.48 bits per heavy atom. The van der Waals surface area contributed by atoms with Crippen LogP contribution in [0.2, 0.25) is 0 Å². The molecule has 2 aromatic carbocycles. The minimum Gasteiger partial charge on any atom is -0.387 e. The number of aliphatic hydroxyl groups is 1. The molecule has 0 heterocycles. The minimum absolute atomic E-state index is 0.0642. The monoisotopic (exact) mass is 321 g/mol. The molecule has 0 aliphatic rings. The molecule has 0 amide bonds. The van der Waals surface area contributed by atoms with Crippen LogP contribution in [0.1, 0.15) is 29.7 Å². The van der Waals surface area contributed by atoms with Crippen LogP contribution in [0.4, 0.5) is 8.78 Å². The third-order valence-corrected chi connectivity index (χ3v) is 3.70. The Bertz CT molecular complexity index is 587. The molecule has 0 saturated heterocycles. The number of hydrogen-bond donors (Lipinski definition) is 2. The second-order valence-electron chi connectivity index (χ2n) is 5.36. The number of methoxy groups -OCH3 is 1. The zero-order valence-electron chi connectivity index (χ0n) is 13.0. The van der Waals surface area contributed by atoms with Crippen LogP contribution in [0.5, 0.6) is 0 Å². The average molecular weight is 321 g/mol. The van der Waals surface area contributed by atoms with E-state index in [4.69, 9.17) is 4.74 Å². The van der Waals surface area contributed by atoms with Crippen LogP contribution in [-0.4, -0.2) is 25.4 Å². The van der Waals surface area contributed by atoms with Crippen molar-refractivity contribution < 1.29 is 18.6 Å². The molecule has 0 saturated carbocycles. The standard InChI is InChI=1S/C18H21F2NO2/c1-23-11-10-17(13-2-6-15(19)7-3-13)21-12-18(22)14-4-8-16(20)9-5-14/h2-9,17-18,21-22H,10-12H2,1H3. The Morgan fingerprint density at radius 1 is 0.957 bits per heavy atom. The van der Waals surface area contributed by atoms with Gasteiger partial charge in [0, 0.05) is 26.3 Å². The third-order valence-electron chi connectivity index (χ3n) is 3.70. The highest BCUT2D eigenvalue weighted by Crippen LogP contribution is 2.19. The highest BCUT2D eigenvalue weighted by molar-refractivity contribution is 5.21. The van der Waals surface area contributed by atoms with Crippen molar-refractivity contribution in [1.82, 2.24) is 5.32 Å². The molecule has 124 valence electrons. The second-order valence-corrected chi connectivity index (χ2v) is 5.36. The summed E-state index contributed by atoms with van der Waals surface area (Å²) in [6, 6.07) is 11.9. The van der Waals surface area contributed by atoms with Gasteiger partial charge in [-0.3, -0.25) is 0 Å². The number of halogens is 2. The van der Waals surface area contributed by atoms with Gasteiger partial charge in [-0.2, -0.15) is 0 Å². The highest BCUT2D eigenvalue weighted by Gasteiger charge is 2.14. The van der Waals surface area contributed by atoms with Gasteiger partial charge >= 0.3 is 0 Å². The third kappa shape index (κ3) is 5.39. The molecule has 2 N–H and O–H groups in total. The first kappa shape index (κ1) is 17.5. The SMILES string of the molecule is COCCC(NCC(O)c1ccc(F)cc1)c1ccc(F)cc1. The first-order chi connectivity index (χ1) is 11.1. The van der Waals surface area contributed by atoms with E-state index in [-0.39, 0.29) is 17.7 Å². The molecular formula is C18H21F2NO2. The van der Waals surface area contributed by atoms with Gasteiger partial charge in [0.2, 0.25) is 0 Å². The summed E-state index contributed by atoms with van der Waals surface area (Å²) in [7, 11) is 1.62. The van der Waals surface area contributed by atoms with Gasteiger partial charge < -0.3 is 15.2 Å². The number of hydrogen-bond acceptors (Lipinski definition) is 3. The quantitative estimate of drug-likeness (QED) is 0.783. The number of rotatable bonds is 8. The van der Waals surface area contributed by atoms with Crippen molar-refractivity contribution in [2.24, 2.45) is 0 Å². The fourth-order valence-corrected chi connectivity index (χ4v) is 2.37. The van der Waals surface area contributed by atoms with Crippen molar-refractivity contribution in [3.63, 3.8) is 0 Å². The van der Waals surface area contributed by atoms with Gasteiger partial charge in [-0.15, -0.1) is 0 Å². The topological polar surface area (TPSA) is 41.5 Å². The molecule has 0 bridgehead atoms. The Morgan fingerprint density at radius 3 is 2.00 bits per heavy atom. The van der Waals surface area contributed by atoms with Gasteiger partial charge in [-0.05, 0) is 41.8 Å². The Hall–Kier alpha value is -1.82. The van der Waals surface area contributed by atoms with Crippen molar-refractivity contribution in [2.75, 3.05) is 20.3 Å². The Kier molecular flexibility index (Phi) is 6.65. The van der Waals surface area contributed by atoms with E-state index in [0.717, 1.165) is 5.56 Å². The van der Waals surface area contributed by atoms with Crippen molar-refractivity contribution in [2.45, 2.75) is 18.6 Å². The van der Waals surface area contributed by atoms with E-state index >= 15 is 0 Å². The van der Waals surface area contributed by atoms with Crippen LogP contribution in [0.25, 0.3) is 0 Å². The first-order valence-corrected chi connectivity index (χ1v) is 7.51. The smallest absolute Gasteiger partial charge is 0.123 e. The molecule has 3 nitrogen and oxygen atoms in total. The number of aliphatic hydroxyl groups excluding tert-OH is 1. The summed E-state index contributed by atoms with van der Waals surface area (Å²) in [6.45, 7) is 0.846. The Labute approximate surface area is 134 Å². The molecule has 0 radical (unpaired) electrons. The lowest BCUT2D eigenvalue weighted by molar-refractivity contribution is 0.156. The van der Waals surface area contributed by atoms with E-state index in [0.29, 0.717) is 25.1 Å². The normalized spacial score (nSPS) is 13.7. The average Bonchev–Trinajstić information content (AvgIpc) is 2.56. The highest BCUT2D eigenvalue weighted by atomic mass is 19.1. The van der Waals surface area contributed by atoms with Crippen LogP contribution in [0.3, 0.4) is 0 Å². The Balaban J connectivity index is 1.99. The van der Waals surface area contributed by atoms with Crippen molar-refractivity contribution in [1.29, 1.82) is 0 Å². The molecule has 0 fully saturated rings. The van der Waals surface area contributed by atoms with Crippen LogP contribution in [0.15, 0.2) is 48.5 Å². The number of benzene rings is 2. The van der Waals surface area contributed by atoms with E-state index in [2.05, 4.69) is 5.32 Å². The molecule has 0 aliphatic heterocycles. The van der Waals surface area contributed by atoms with Crippen LogP contribution < -0.4 is 5.32 Å². The summed E-state index contributed by atoms with van der Waals surface area (Å²) in [5, 5.41) is 13.5. The summed E-state index contributed by atoms with van der Waals surface area (Å²) in [5.74, 6) is -0.621. The largest absolute Gasteiger partial charge is 0.387 e. The van der Waals surface area contributed by atoms with Crippen LogP contribution >= 0.6 is 0 Å². The molecule has 2 atom stereocenters. The van der Waals surface area contributed by atoms with Gasteiger partial charge in [0.05, 0.1) is 6.10 Å². The molecule has 5 heteroatoms. The lowest BCUT2D eigenvalue weighted by Crippen LogP contribution is -2.27. The zero-order valence-corrected chi connectivity index (χ0v) is 13.0. The van der Waals surface area contributed by atoms with E-state index in [1.807, 2.05) is 0 Å². The van der Waals surface area contributed by atoms with Crippen molar-refractivity contribution >= 4 is 0 Å². The molecule has 0 aromatic heterocycles. The maximum atomic E-state index is 13.1. The molecule has 0 aliphatic carbocycles. The lowest BCUT2D eigenvalue weighted by Gasteiger charge is -2.21. The summed E-state index contributed by atoms with van der Waals surface area (Å²) < 4.78 is 31.1. The van der Waals surface area contributed by atoms with Crippen molar-refractivity contribution in [3.05, 3.63) is 71.3 Å². The van der Waals surface area contributed by atoms with Crippen molar-refractivity contribution in [3.8, 4) is 0 Å². The molecular weight excluding hydrogens is 300 g/mol. The van der Waals surface area contributed by atoms with Crippen LogP contribution in [0, 0.1) is 11.6 Å². The summed E-state index contributed by atoms with van der Waals surface area (Å²) >= 11 is 0. The van der Waals surface area contributed by atoms with E-state index < -0.39 is 6.10 Å².